The molecule has 1 unspecified atom stereocenters. The van der Waals surface area contributed by atoms with Crippen molar-refractivity contribution in [3.63, 3.8) is 0 Å². The maximum absolute atomic E-state index is 13.0. The first-order valence-electron chi connectivity index (χ1n) is 9.02. The van der Waals surface area contributed by atoms with Crippen molar-refractivity contribution in [2.45, 2.75) is 18.8 Å². The number of nitrogens with zero attached hydrogens (tertiary/aromatic N) is 4. The van der Waals surface area contributed by atoms with Crippen LogP contribution in [-0.4, -0.2) is 52.7 Å². The van der Waals surface area contributed by atoms with Gasteiger partial charge in [0.1, 0.15) is 5.82 Å². The fourth-order valence-electron chi connectivity index (χ4n) is 3.66. The molecule has 1 saturated heterocycles. The maximum atomic E-state index is 13.0. The number of aromatic nitrogens is 3. The molecule has 140 valence electrons. The molecule has 1 aliphatic rings. The van der Waals surface area contributed by atoms with Crippen LogP contribution in [0.4, 0.5) is 0 Å². The van der Waals surface area contributed by atoms with Crippen LogP contribution in [0.5, 0.6) is 11.5 Å². The van der Waals surface area contributed by atoms with Gasteiger partial charge in [0.05, 0.1) is 14.2 Å². The molecule has 3 heterocycles. The second kappa shape index (κ2) is 7.26. The SMILES string of the molecule is COc1ccc(C(=O)N2CCCC(c3nnc4ccccn34)C2)cc1OC. The van der Waals surface area contributed by atoms with Crippen LogP contribution >= 0.6 is 0 Å². The molecule has 1 atom stereocenters. The molecule has 27 heavy (non-hydrogen) atoms. The first-order valence-corrected chi connectivity index (χ1v) is 9.02. The van der Waals surface area contributed by atoms with Crippen molar-refractivity contribution >= 4 is 11.6 Å². The number of benzene rings is 1. The highest BCUT2D eigenvalue weighted by Crippen LogP contribution is 2.30. The first kappa shape index (κ1) is 17.3. The highest BCUT2D eigenvalue weighted by Gasteiger charge is 2.28. The number of ether oxygens (including phenoxy) is 2. The quantitative estimate of drug-likeness (QED) is 0.710. The minimum absolute atomic E-state index is 0.00512. The van der Waals surface area contributed by atoms with Crippen molar-refractivity contribution in [3.05, 3.63) is 54.0 Å². The van der Waals surface area contributed by atoms with E-state index in [0.29, 0.717) is 23.6 Å². The molecule has 0 aliphatic carbocycles. The molecule has 0 bridgehead atoms. The van der Waals surface area contributed by atoms with Crippen molar-refractivity contribution in [1.29, 1.82) is 0 Å². The van der Waals surface area contributed by atoms with Crippen LogP contribution in [0, 0.1) is 0 Å². The molecule has 1 amide bonds. The van der Waals surface area contributed by atoms with Crippen LogP contribution in [0.25, 0.3) is 5.65 Å². The molecule has 0 saturated carbocycles. The standard InChI is InChI=1S/C20H22N4O3/c1-26-16-9-8-14(12-17(16)27-2)20(25)23-10-5-6-15(13-23)19-22-21-18-7-3-4-11-24(18)19/h3-4,7-9,11-12,15H,5-6,10,13H2,1-2H3. The lowest BCUT2D eigenvalue weighted by molar-refractivity contribution is 0.0703. The first-order chi connectivity index (χ1) is 13.2. The van der Waals surface area contributed by atoms with Gasteiger partial charge in [0.2, 0.25) is 0 Å². The fraction of sp³-hybridized carbons (Fsp3) is 0.350. The van der Waals surface area contributed by atoms with Gasteiger partial charge in [0, 0.05) is 30.8 Å². The van der Waals surface area contributed by atoms with Crippen molar-refractivity contribution in [2.24, 2.45) is 0 Å². The van der Waals surface area contributed by atoms with Crippen LogP contribution in [-0.2, 0) is 0 Å². The van der Waals surface area contributed by atoms with Gasteiger partial charge in [-0.05, 0) is 43.2 Å². The van der Waals surface area contributed by atoms with E-state index >= 15 is 0 Å². The van der Waals surface area contributed by atoms with Gasteiger partial charge in [0.15, 0.2) is 17.1 Å². The molecule has 0 spiro atoms. The monoisotopic (exact) mass is 366 g/mol. The summed E-state index contributed by atoms with van der Waals surface area (Å²) in [6, 6.07) is 11.1. The third-order valence-corrected chi connectivity index (χ3v) is 5.04. The van der Waals surface area contributed by atoms with Gasteiger partial charge in [-0.25, -0.2) is 0 Å². The smallest absolute Gasteiger partial charge is 0.254 e. The molecular formula is C20H22N4O3. The molecule has 0 N–H and O–H groups in total. The largest absolute Gasteiger partial charge is 0.493 e. The number of carbonyl (C=O) groups excluding carboxylic acids is 1. The Hall–Kier alpha value is -3.09. The Bertz CT molecular complexity index is 969. The number of piperidine rings is 1. The number of likely N-dealkylation sites (tertiary alicyclic amines) is 1. The topological polar surface area (TPSA) is 69.0 Å². The van der Waals surface area contributed by atoms with E-state index in [0.717, 1.165) is 30.9 Å². The molecule has 1 aliphatic heterocycles. The van der Waals surface area contributed by atoms with E-state index in [-0.39, 0.29) is 11.8 Å². The predicted octanol–water partition coefficient (Wildman–Crippen LogP) is 2.77. The van der Waals surface area contributed by atoms with E-state index in [1.54, 1.807) is 32.4 Å². The molecule has 2 aromatic heterocycles. The van der Waals surface area contributed by atoms with Gasteiger partial charge in [-0.2, -0.15) is 0 Å². The summed E-state index contributed by atoms with van der Waals surface area (Å²) in [6.45, 7) is 1.36. The van der Waals surface area contributed by atoms with Gasteiger partial charge in [-0.3, -0.25) is 9.20 Å². The number of amides is 1. The molecule has 1 aromatic carbocycles. The van der Waals surface area contributed by atoms with Crippen LogP contribution in [0.15, 0.2) is 42.6 Å². The molecule has 7 heteroatoms. The van der Waals surface area contributed by atoms with Crippen molar-refractivity contribution in [3.8, 4) is 11.5 Å². The fourth-order valence-corrected chi connectivity index (χ4v) is 3.66. The molecule has 0 radical (unpaired) electrons. The Morgan fingerprint density at radius 3 is 2.78 bits per heavy atom. The second-order valence-electron chi connectivity index (χ2n) is 6.65. The van der Waals surface area contributed by atoms with Crippen LogP contribution in [0.3, 0.4) is 0 Å². The average Bonchev–Trinajstić information content (AvgIpc) is 3.17. The normalized spacial score (nSPS) is 17.1. The van der Waals surface area contributed by atoms with Crippen molar-refractivity contribution < 1.29 is 14.3 Å². The summed E-state index contributed by atoms with van der Waals surface area (Å²) in [5.41, 5.74) is 1.43. The Balaban J connectivity index is 1.57. The van der Waals surface area contributed by atoms with Crippen molar-refractivity contribution in [2.75, 3.05) is 27.3 Å². The lowest BCUT2D eigenvalue weighted by atomic mass is 9.96. The summed E-state index contributed by atoms with van der Waals surface area (Å²) in [7, 11) is 3.15. The summed E-state index contributed by atoms with van der Waals surface area (Å²) >= 11 is 0. The number of methoxy groups -OCH3 is 2. The van der Waals surface area contributed by atoms with Crippen LogP contribution < -0.4 is 9.47 Å². The average molecular weight is 366 g/mol. The number of carbonyl (C=O) groups is 1. The highest BCUT2D eigenvalue weighted by molar-refractivity contribution is 5.95. The van der Waals surface area contributed by atoms with Gasteiger partial charge in [0.25, 0.3) is 5.91 Å². The minimum Gasteiger partial charge on any atom is -0.493 e. The zero-order chi connectivity index (χ0) is 18.8. The third-order valence-electron chi connectivity index (χ3n) is 5.04. The molecular weight excluding hydrogens is 344 g/mol. The lowest BCUT2D eigenvalue weighted by Crippen LogP contribution is -2.39. The number of pyridine rings is 1. The highest BCUT2D eigenvalue weighted by atomic mass is 16.5. The van der Waals surface area contributed by atoms with Crippen LogP contribution in [0.1, 0.15) is 34.9 Å². The number of hydrogen-bond acceptors (Lipinski definition) is 5. The minimum atomic E-state index is -0.00512. The van der Waals surface area contributed by atoms with E-state index in [9.17, 15) is 4.79 Å². The van der Waals surface area contributed by atoms with Crippen LogP contribution in [0.2, 0.25) is 0 Å². The zero-order valence-corrected chi connectivity index (χ0v) is 15.5. The van der Waals surface area contributed by atoms with E-state index < -0.39 is 0 Å². The molecule has 3 aromatic rings. The van der Waals surface area contributed by atoms with E-state index in [1.165, 1.54) is 0 Å². The van der Waals surface area contributed by atoms with Gasteiger partial charge in [-0.15, -0.1) is 10.2 Å². The Morgan fingerprint density at radius 1 is 1.11 bits per heavy atom. The predicted molar refractivity (Wildman–Crippen MR) is 100 cm³/mol. The Kier molecular flexibility index (Phi) is 4.66. The van der Waals surface area contributed by atoms with E-state index in [2.05, 4.69) is 10.2 Å². The summed E-state index contributed by atoms with van der Waals surface area (Å²) in [5, 5.41) is 8.62. The lowest BCUT2D eigenvalue weighted by Gasteiger charge is -2.32. The second-order valence-corrected chi connectivity index (χ2v) is 6.65. The summed E-state index contributed by atoms with van der Waals surface area (Å²) < 4.78 is 12.6. The molecule has 1 fully saturated rings. The molecule has 4 rings (SSSR count). The zero-order valence-electron chi connectivity index (χ0n) is 15.5. The van der Waals surface area contributed by atoms with E-state index in [1.807, 2.05) is 33.7 Å². The maximum Gasteiger partial charge on any atom is 0.254 e. The van der Waals surface area contributed by atoms with Gasteiger partial charge in [-0.1, -0.05) is 6.07 Å². The summed E-state index contributed by atoms with van der Waals surface area (Å²) in [6.07, 6.45) is 3.90. The molecule has 7 nitrogen and oxygen atoms in total. The number of rotatable bonds is 4. The Morgan fingerprint density at radius 2 is 1.96 bits per heavy atom. The van der Waals surface area contributed by atoms with Crippen molar-refractivity contribution in [1.82, 2.24) is 19.5 Å². The Labute approximate surface area is 157 Å². The third kappa shape index (κ3) is 3.20. The summed E-state index contributed by atoms with van der Waals surface area (Å²) in [5.74, 6) is 2.24. The van der Waals surface area contributed by atoms with Gasteiger partial charge < -0.3 is 14.4 Å². The number of hydrogen-bond donors (Lipinski definition) is 0. The summed E-state index contributed by atoms with van der Waals surface area (Å²) in [4.78, 5) is 14.9. The van der Waals surface area contributed by atoms with E-state index in [4.69, 9.17) is 9.47 Å². The van der Waals surface area contributed by atoms with Gasteiger partial charge >= 0.3 is 0 Å². The number of fused-ring (bicyclic) bond motifs is 1.